The number of fused-ring (bicyclic) bond motifs is 5. The third kappa shape index (κ3) is 3.11. The number of carbonyl (C=O) groups excluding carboxylic acids is 1. The molecule has 1 N–H and O–H groups in total. The zero-order chi connectivity index (χ0) is 25.1. The number of halogens is 1. The van der Waals surface area contributed by atoms with Gasteiger partial charge in [0, 0.05) is 12.1 Å². The van der Waals surface area contributed by atoms with Crippen LogP contribution in [0.1, 0.15) is 45.7 Å². The zero-order valence-corrected chi connectivity index (χ0v) is 20.1. The second-order valence-electron chi connectivity index (χ2n) is 9.19. The van der Waals surface area contributed by atoms with Gasteiger partial charge in [0.15, 0.2) is 0 Å². The Bertz CT molecular complexity index is 1630. The highest BCUT2D eigenvalue weighted by Crippen LogP contribution is 2.49. The van der Waals surface area contributed by atoms with Crippen LogP contribution in [-0.4, -0.2) is 31.6 Å². The van der Waals surface area contributed by atoms with Crippen molar-refractivity contribution in [2.24, 2.45) is 0 Å². The summed E-state index contributed by atoms with van der Waals surface area (Å²) in [6.45, 7) is 2.10. The number of imidazole rings is 1. The van der Waals surface area contributed by atoms with Crippen LogP contribution in [0.3, 0.4) is 0 Å². The average molecular weight is 497 g/mol. The molecular formula is C28H21ClN4O3. The number of aromatic hydroxyl groups is 1. The summed E-state index contributed by atoms with van der Waals surface area (Å²) in [6, 6.07) is 22.0. The Morgan fingerprint density at radius 3 is 2.44 bits per heavy atom. The van der Waals surface area contributed by atoms with Gasteiger partial charge in [-0.15, -0.1) is 0 Å². The zero-order valence-electron chi connectivity index (χ0n) is 19.4. The molecule has 2 bridgehead atoms. The molecule has 0 radical (unpaired) electrons. The van der Waals surface area contributed by atoms with Crippen molar-refractivity contribution in [2.45, 2.75) is 25.4 Å². The summed E-state index contributed by atoms with van der Waals surface area (Å²) in [5, 5.41) is 20.7. The number of hydrogen-bond donors (Lipinski definition) is 1. The molecule has 1 aromatic heterocycles. The second-order valence-corrected chi connectivity index (χ2v) is 9.56. The number of carbonyl (C=O) groups is 1. The molecule has 1 amide bonds. The fourth-order valence-corrected chi connectivity index (χ4v) is 5.69. The summed E-state index contributed by atoms with van der Waals surface area (Å²) in [5.74, 6) is -0.334. The molecular weight excluding hydrogens is 476 g/mol. The van der Waals surface area contributed by atoms with Gasteiger partial charge in [0.25, 0.3) is 5.91 Å². The van der Waals surface area contributed by atoms with E-state index in [0.29, 0.717) is 41.0 Å². The fraction of sp³-hybridized carbons (Fsp3) is 0.179. The number of nitrogens with zero attached hydrogens (tertiary/aromatic N) is 4. The van der Waals surface area contributed by atoms with Gasteiger partial charge < -0.3 is 10.0 Å². The maximum absolute atomic E-state index is 13.4. The first-order valence-electron chi connectivity index (χ1n) is 11.6. The topological polar surface area (TPSA) is 91.3 Å². The Labute approximate surface area is 212 Å². The molecule has 2 aliphatic heterocycles. The third-order valence-corrected chi connectivity index (χ3v) is 7.76. The highest BCUT2D eigenvalue weighted by Gasteiger charge is 2.49. The molecule has 0 aliphatic carbocycles. The monoisotopic (exact) mass is 496 g/mol. The maximum atomic E-state index is 13.4. The predicted octanol–water partition coefficient (Wildman–Crippen LogP) is 4.99. The Morgan fingerprint density at radius 2 is 1.75 bits per heavy atom. The Hall–Kier alpha value is -4.28. The second kappa shape index (κ2) is 8.14. The van der Waals surface area contributed by atoms with Crippen LogP contribution in [0.15, 0.2) is 71.5 Å². The van der Waals surface area contributed by atoms with Gasteiger partial charge >= 0.3 is 5.69 Å². The van der Waals surface area contributed by atoms with Crippen LogP contribution in [0.2, 0.25) is 5.02 Å². The van der Waals surface area contributed by atoms with E-state index < -0.39 is 6.04 Å². The number of rotatable bonds is 3. The lowest BCUT2D eigenvalue weighted by atomic mass is 10.0. The summed E-state index contributed by atoms with van der Waals surface area (Å²) >= 11 is 6.32. The predicted molar refractivity (Wildman–Crippen MR) is 135 cm³/mol. The van der Waals surface area contributed by atoms with E-state index in [1.807, 2.05) is 60.7 Å². The number of nitriles is 1. The van der Waals surface area contributed by atoms with Crippen LogP contribution in [0.25, 0.3) is 16.8 Å². The molecule has 0 saturated carbocycles. The van der Waals surface area contributed by atoms with Crippen molar-refractivity contribution in [1.82, 2.24) is 14.0 Å². The van der Waals surface area contributed by atoms with E-state index in [9.17, 15) is 20.0 Å². The molecule has 6 rings (SSSR count). The smallest absolute Gasteiger partial charge is 0.336 e. The normalized spacial score (nSPS) is 17.8. The van der Waals surface area contributed by atoms with Crippen molar-refractivity contribution in [2.75, 3.05) is 6.54 Å². The van der Waals surface area contributed by atoms with Gasteiger partial charge in [-0.25, -0.2) is 9.36 Å². The molecule has 1 saturated heterocycles. The fourth-order valence-electron chi connectivity index (χ4n) is 5.49. The van der Waals surface area contributed by atoms with Crippen LogP contribution in [0.4, 0.5) is 0 Å². The first-order valence-corrected chi connectivity index (χ1v) is 12.0. The van der Waals surface area contributed by atoms with E-state index >= 15 is 0 Å². The van der Waals surface area contributed by atoms with Crippen LogP contribution >= 0.6 is 11.6 Å². The molecule has 7 nitrogen and oxygen atoms in total. The SMILES string of the molecule is Cc1c(-n2c(O)c3n(c2=O)[C@@H]2CC3N(C(=O)c3ccc(-c4ccccc4)cc3)C2)ccc(C#N)c1Cl. The summed E-state index contributed by atoms with van der Waals surface area (Å²) in [6.07, 6.45) is 0.583. The Balaban J connectivity index is 1.34. The largest absolute Gasteiger partial charge is 0.493 e. The van der Waals surface area contributed by atoms with Gasteiger partial charge in [-0.3, -0.25) is 9.36 Å². The van der Waals surface area contributed by atoms with Crippen molar-refractivity contribution in [3.8, 4) is 28.8 Å². The molecule has 0 spiro atoms. The van der Waals surface area contributed by atoms with Crippen molar-refractivity contribution in [3.05, 3.63) is 105 Å². The van der Waals surface area contributed by atoms with E-state index in [1.54, 1.807) is 22.5 Å². The quantitative estimate of drug-likeness (QED) is 0.432. The molecule has 3 heterocycles. The summed E-state index contributed by atoms with van der Waals surface area (Å²) in [4.78, 5) is 28.5. The summed E-state index contributed by atoms with van der Waals surface area (Å²) < 4.78 is 2.81. The lowest BCUT2D eigenvalue weighted by molar-refractivity contribution is 0.0711. The highest BCUT2D eigenvalue weighted by atomic mass is 35.5. The first kappa shape index (κ1) is 22.2. The molecule has 2 aliphatic rings. The lowest BCUT2D eigenvalue weighted by Crippen LogP contribution is -2.37. The van der Waals surface area contributed by atoms with Crippen LogP contribution in [-0.2, 0) is 0 Å². The minimum atomic E-state index is -0.403. The molecule has 178 valence electrons. The highest BCUT2D eigenvalue weighted by molar-refractivity contribution is 6.32. The molecule has 3 aromatic carbocycles. The van der Waals surface area contributed by atoms with E-state index in [2.05, 4.69) is 0 Å². The van der Waals surface area contributed by atoms with E-state index in [1.165, 1.54) is 10.6 Å². The number of benzene rings is 3. The number of aromatic nitrogens is 2. The molecule has 4 aromatic rings. The van der Waals surface area contributed by atoms with E-state index in [-0.39, 0.29) is 28.5 Å². The lowest BCUT2D eigenvalue weighted by Gasteiger charge is -2.27. The Kier molecular flexibility index (Phi) is 5.02. The van der Waals surface area contributed by atoms with Gasteiger partial charge in [-0.05, 0) is 54.3 Å². The van der Waals surface area contributed by atoms with Gasteiger partial charge in [0.1, 0.15) is 11.8 Å². The minimum absolute atomic E-state index is 0.134. The van der Waals surface area contributed by atoms with Crippen LogP contribution in [0, 0.1) is 18.3 Å². The molecule has 1 fully saturated rings. The van der Waals surface area contributed by atoms with Crippen molar-refractivity contribution in [3.63, 3.8) is 0 Å². The summed E-state index contributed by atoms with van der Waals surface area (Å²) in [7, 11) is 0. The molecule has 8 heteroatoms. The van der Waals surface area contributed by atoms with E-state index in [0.717, 1.165) is 11.1 Å². The number of likely N-dealkylation sites (tertiary alicyclic amines) is 1. The van der Waals surface area contributed by atoms with Gasteiger partial charge in [0.05, 0.1) is 28.4 Å². The number of hydrogen-bond acceptors (Lipinski definition) is 4. The number of amides is 1. The van der Waals surface area contributed by atoms with Crippen LogP contribution < -0.4 is 5.69 Å². The maximum Gasteiger partial charge on any atom is 0.336 e. The van der Waals surface area contributed by atoms with Gasteiger partial charge in [-0.2, -0.15) is 5.26 Å². The van der Waals surface area contributed by atoms with Crippen molar-refractivity contribution >= 4 is 17.5 Å². The minimum Gasteiger partial charge on any atom is -0.493 e. The van der Waals surface area contributed by atoms with Gasteiger partial charge in [-0.1, -0.05) is 54.1 Å². The molecule has 36 heavy (non-hydrogen) atoms. The van der Waals surface area contributed by atoms with E-state index in [4.69, 9.17) is 11.6 Å². The van der Waals surface area contributed by atoms with Crippen LogP contribution in [0.5, 0.6) is 5.88 Å². The van der Waals surface area contributed by atoms with Gasteiger partial charge in [0.2, 0.25) is 5.88 Å². The Morgan fingerprint density at radius 1 is 1.06 bits per heavy atom. The molecule has 1 unspecified atom stereocenters. The first-order chi connectivity index (χ1) is 17.4. The summed E-state index contributed by atoms with van der Waals surface area (Å²) in [5.41, 5.74) is 3.95. The standard InChI is InChI=1S/C28H21ClN4O3/c1-16-22(12-11-20(14-30)24(16)29)33-27(35)25-23-13-21(32(25)28(33)36)15-31(23)26(34)19-9-7-18(8-10-19)17-5-3-2-4-6-17/h2-12,21,23,35H,13,15H2,1H3/t21-,23?/m1/s1. The average Bonchev–Trinajstić information content (AvgIpc) is 3.57. The third-order valence-electron chi connectivity index (χ3n) is 7.28. The van der Waals surface area contributed by atoms with Crippen molar-refractivity contribution < 1.29 is 9.90 Å². The molecule has 2 atom stereocenters. The van der Waals surface area contributed by atoms with Crippen molar-refractivity contribution in [1.29, 1.82) is 5.26 Å².